The van der Waals surface area contributed by atoms with Gasteiger partial charge in [-0.05, 0) is 19.3 Å². The Morgan fingerprint density at radius 3 is 2.27 bits per heavy atom. The van der Waals surface area contributed by atoms with E-state index in [0.29, 0.717) is 19.0 Å². The Kier molecular flexibility index (Phi) is 6.21. The van der Waals surface area contributed by atoms with Gasteiger partial charge in [0.25, 0.3) is 0 Å². The van der Waals surface area contributed by atoms with Gasteiger partial charge in [0.05, 0.1) is 6.04 Å². The predicted octanol–water partition coefficient (Wildman–Crippen LogP) is 0.953. The van der Waals surface area contributed by atoms with Gasteiger partial charge in [-0.2, -0.15) is 0 Å². The summed E-state index contributed by atoms with van der Waals surface area (Å²) in [5.74, 6) is -0.0824. The Labute approximate surface area is 132 Å². The van der Waals surface area contributed by atoms with Crippen LogP contribution in [0.5, 0.6) is 0 Å². The summed E-state index contributed by atoms with van der Waals surface area (Å²) >= 11 is 0. The van der Waals surface area contributed by atoms with E-state index in [0.717, 1.165) is 25.8 Å². The third kappa shape index (κ3) is 5.00. The van der Waals surface area contributed by atoms with Crippen molar-refractivity contribution in [3.05, 3.63) is 0 Å². The lowest BCUT2D eigenvalue weighted by atomic mass is 10.2. The normalized spacial score (nSPS) is 22.1. The van der Waals surface area contributed by atoms with Gasteiger partial charge in [-0.1, -0.05) is 19.8 Å². The lowest BCUT2D eigenvalue weighted by Gasteiger charge is -2.16. The van der Waals surface area contributed by atoms with Crippen LogP contribution in [-0.4, -0.2) is 47.8 Å². The first-order chi connectivity index (χ1) is 10.6. The van der Waals surface area contributed by atoms with Gasteiger partial charge in [0.1, 0.15) is 0 Å². The SMILES string of the molecule is CCCN1C[C@H](NC(=O)CCC(=O)NC2CCCC2)CC1=O. The summed E-state index contributed by atoms with van der Waals surface area (Å²) in [4.78, 5) is 37.2. The molecule has 1 aliphatic carbocycles. The standard InChI is InChI=1S/C16H27N3O3/c1-2-9-19-11-13(10-16(19)22)18-15(21)8-7-14(20)17-12-5-3-4-6-12/h12-13H,2-11H2,1H3,(H,17,20)(H,18,21)/t13-/m1/s1. The van der Waals surface area contributed by atoms with Crippen LogP contribution in [0.4, 0.5) is 0 Å². The van der Waals surface area contributed by atoms with Crippen molar-refractivity contribution in [1.29, 1.82) is 0 Å². The van der Waals surface area contributed by atoms with Crippen molar-refractivity contribution in [2.24, 2.45) is 0 Å². The Morgan fingerprint density at radius 1 is 1.09 bits per heavy atom. The van der Waals surface area contributed by atoms with Gasteiger partial charge in [0, 0.05) is 38.4 Å². The molecule has 0 spiro atoms. The van der Waals surface area contributed by atoms with Crippen molar-refractivity contribution in [2.45, 2.75) is 70.4 Å². The Morgan fingerprint density at radius 2 is 1.68 bits per heavy atom. The van der Waals surface area contributed by atoms with Crippen LogP contribution >= 0.6 is 0 Å². The van der Waals surface area contributed by atoms with Crippen LogP contribution in [0.2, 0.25) is 0 Å². The molecule has 0 aromatic carbocycles. The molecule has 0 aromatic heterocycles. The van der Waals surface area contributed by atoms with E-state index in [1.165, 1.54) is 12.8 Å². The average Bonchev–Trinajstić information content (AvgIpc) is 3.08. The van der Waals surface area contributed by atoms with Crippen LogP contribution in [0.25, 0.3) is 0 Å². The lowest BCUT2D eigenvalue weighted by Crippen LogP contribution is -2.38. The molecule has 2 fully saturated rings. The van der Waals surface area contributed by atoms with Gasteiger partial charge in [0.2, 0.25) is 17.7 Å². The molecule has 1 aliphatic heterocycles. The molecule has 1 saturated heterocycles. The summed E-state index contributed by atoms with van der Waals surface area (Å²) in [5, 5.41) is 5.84. The van der Waals surface area contributed by atoms with Crippen LogP contribution in [-0.2, 0) is 14.4 Å². The maximum Gasteiger partial charge on any atom is 0.224 e. The van der Waals surface area contributed by atoms with Gasteiger partial charge >= 0.3 is 0 Å². The van der Waals surface area contributed by atoms with E-state index in [-0.39, 0.29) is 36.6 Å². The monoisotopic (exact) mass is 309 g/mol. The molecule has 0 aromatic rings. The summed E-state index contributed by atoms with van der Waals surface area (Å²) in [5.41, 5.74) is 0. The van der Waals surface area contributed by atoms with E-state index in [1.807, 2.05) is 6.92 Å². The van der Waals surface area contributed by atoms with Crippen molar-refractivity contribution in [2.75, 3.05) is 13.1 Å². The molecule has 6 heteroatoms. The molecule has 124 valence electrons. The lowest BCUT2D eigenvalue weighted by molar-refractivity contribution is -0.128. The third-order valence-electron chi connectivity index (χ3n) is 4.37. The van der Waals surface area contributed by atoms with Gasteiger partial charge in [-0.15, -0.1) is 0 Å². The van der Waals surface area contributed by atoms with E-state index in [2.05, 4.69) is 10.6 Å². The Bertz CT molecular complexity index is 419. The second kappa shape index (κ2) is 8.15. The van der Waals surface area contributed by atoms with Crippen LogP contribution in [0.1, 0.15) is 58.3 Å². The minimum Gasteiger partial charge on any atom is -0.353 e. The molecule has 6 nitrogen and oxygen atoms in total. The second-order valence-electron chi connectivity index (χ2n) is 6.36. The molecule has 0 bridgehead atoms. The van der Waals surface area contributed by atoms with Crippen LogP contribution in [0.15, 0.2) is 0 Å². The van der Waals surface area contributed by atoms with Crippen LogP contribution in [0, 0.1) is 0 Å². The fourth-order valence-corrected chi connectivity index (χ4v) is 3.25. The van der Waals surface area contributed by atoms with Gasteiger partial charge in [0.15, 0.2) is 0 Å². The van der Waals surface area contributed by atoms with Crippen molar-refractivity contribution in [1.82, 2.24) is 15.5 Å². The smallest absolute Gasteiger partial charge is 0.224 e. The van der Waals surface area contributed by atoms with Crippen LogP contribution < -0.4 is 10.6 Å². The molecule has 1 atom stereocenters. The first-order valence-electron chi connectivity index (χ1n) is 8.45. The number of nitrogens with one attached hydrogen (secondary N) is 2. The fourth-order valence-electron chi connectivity index (χ4n) is 3.25. The maximum absolute atomic E-state index is 11.9. The quantitative estimate of drug-likeness (QED) is 0.735. The van der Waals surface area contributed by atoms with Crippen molar-refractivity contribution < 1.29 is 14.4 Å². The molecule has 3 amide bonds. The van der Waals surface area contributed by atoms with Crippen molar-refractivity contribution in [3.8, 4) is 0 Å². The zero-order chi connectivity index (χ0) is 15.9. The number of rotatable bonds is 7. The Hall–Kier alpha value is -1.59. The molecule has 0 radical (unpaired) electrons. The summed E-state index contributed by atoms with van der Waals surface area (Å²) in [6, 6.07) is 0.190. The highest BCUT2D eigenvalue weighted by atomic mass is 16.2. The minimum atomic E-state index is -0.141. The number of nitrogens with zero attached hydrogens (tertiary/aromatic N) is 1. The first-order valence-corrected chi connectivity index (χ1v) is 8.45. The molecule has 0 unspecified atom stereocenters. The van der Waals surface area contributed by atoms with Crippen molar-refractivity contribution in [3.63, 3.8) is 0 Å². The number of hydrogen-bond donors (Lipinski definition) is 2. The fraction of sp³-hybridized carbons (Fsp3) is 0.812. The highest BCUT2D eigenvalue weighted by Crippen LogP contribution is 2.17. The molecule has 1 heterocycles. The summed E-state index contributed by atoms with van der Waals surface area (Å²) in [6.45, 7) is 3.36. The third-order valence-corrected chi connectivity index (χ3v) is 4.37. The Balaban J connectivity index is 1.63. The number of carbonyl (C=O) groups is 3. The van der Waals surface area contributed by atoms with Crippen molar-refractivity contribution >= 4 is 17.7 Å². The van der Waals surface area contributed by atoms with E-state index in [4.69, 9.17) is 0 Å². The molecule has 22 heavy (non-hydrogen) atoms. The molecular weight excluding hydrogens is 282 g/mol. The first kappa shape index (κ1) is 16.8. The predicted molar refractivity (Wildman–Crippen MR) is 83.1 cm³/mol. The highest BCUT2D eigenvalue weighted by molar-refractivity contribution is 5.85. The summed E-state index contributed by atoms with van der Waals surface area (Å²) in [6.07, 6.45) is 6.17. The molecule has 1 saturated carbocycles. The molecule has 2 N–H and O–H groups in total. The van der Waals surface area contributed by atoms with E-state index >= 15 is 0 Å². The average molecular weight is 309 g/mol. The van der Waals surface area contributed by atoms with Gasteiger partial charge < -0.3 is 15.5 Å². The highest BCUT2D eigenvalue weighted by Gasteiger charge is 2.29. The number of carbonyl (C=O) groups excluding carboxylic acids is 3. The zero-order valence-electron chi connectivity index (χ0n) is 13.4. The number of amides is 3. The number of likely N-dealkylation sites (tertiary alicyclic amines) is 1. The van der Waals surface area contributed by atoms with Gasteiger partial charge in [-0.3, -0.25) is 14.4 Å². The topological polar surface area (TPSA) is 78.5 Å². The largest absolute Gasteiger partial charge is 0.353 e. The van der Waals surface area contributed by atoms with Crippen LogP contribution in [0.3, 0.4) is 0 Å². The minimum absolute atomic E-state index is 0.0443. The zero-order valence-corrected chi connectivity index (χ0v) is 13.4. The van der Waals surface area contributed by atoms with E-state index in [9.17, 15) is 14.4 Å². The molecule has 2 aliphatic rings. The van der Waals surface area contributed by atoms with E-state index < -0.39 is 0 Å². The van der Waals surface area contributed by atoms with Gasteiger partial charge in [-0.25, -0.2) is 0 Å². The molecular formula is C16H27N3O3. The van der Waals surface area contributed by atoms with E-state index in [1.54, 1.807) is 4.90 Å². The maximum atomic E-state index is 11.9. The summed E-state index contributed by atoms with van der Waals surface area (Å²) < 4.78 is 0. The molecule has 2 rings (SSSR count). The second-order valence-corrected chi connectivity index (χ2v) is 6.36. The summed E-state index contributed by atoms with van der Waals surface area (Å²) in [7, 11) is 0. The number of hydrogen-bond acceptors (Lipinski definition) is 3.